The minimum absolute atomic E-state index is 0.260. The second kappa shape index (κ2) is 7.25. The van der Waals surface area contributed by atoms with Gasteiger partial charge in [-0.25, -0.2) is 4.79 Å². The highest BCUT2D eigenvalue weighted by molar-refractivity contribution is 5.69. The molecule has 3 rings (SSSR count). The average molecular weight is 327 g/mol. The van der Waals surface area contributed by atoms with Crippen molar-refractivity contribution < 1.29 is 19.0 Å². The van der Waals surface area contributed by atoms with E-state index in [1.165, 1.54) is 0 Å². The van der Waals surface area contributed by atoms with Gasteiger partial charge in [0.2, 0.25) is 0 Å². The number of benzene rings is 2. The van der Waals surface area contributed by atoms with E-state index < -0.39 is 0 Å². The Morgan fingerprint density at radius 3 is 2.50 bits per heavy atom. The summed E-state index contributed by atoms with van der Waals surface area (Å²) in [5, 5.41) is 0. The minimum Gasteiger partial charge on any atom is -0.493 e. The van der Waals surface area contributed by atoms with Crippen molar-refractivity contribution in [3.63, 3.8) is 0 Å². The Bertz CT molecular complexity index is 702. The molecular formula is C19H21NO4. The van der Waals surface area contributed by atoms with E-state index in [9.17, 15) is 4.79 Å². The summed E-state index contributed by atoms with van der Waals surface area (Å²) in [6.07, 6.45) is 0.197. The zero-order valence-corrected chi connectivity index (χ0v) is 13.9. The van der Waals surface area contributed by atoms with E-state index in [1.54, 1.807) is 19.1 Å². The monoisotopic (exact) mass is 327 g/mol. The summed E-state index contributed by atoms with van der Waals surface area (Å²) in [7, 11) is 3.19. The molecule has 2 aromatic rings. The van der Waals surface area contributed by atoms with E-state index >= 15 is 0 Å². The fourth-order valence-corrected chi connectivity index (χ4v) is 2.85. The Labute approximate surface area is 141 Å². The summed E-state index contributed by atoms with van der Waals surface area (Å²) in [5.74, 6) is 1.30. The number of ether oxygens (including phenoxy) is 3. The van der Waals surface area contributed by atoms with E-state index in [4.69, 9.17) is 14.2 Å². The van der Waals surface area contributed by atoms with Gasteiger partial charge >= 0.3 is 6.09 Å². The van der Waals surface area contributed by atoms with Gasteiger partial charge in [-0.3, -0.25) is 0 Å². The largest absolute Gasteiger partial charge is 0.493 e. The Balaban J connectivity index is 1.68. The van der Waals surface area contributed by atoms with Crippen LogP contribution < -0.4 is 9.47 Å². The maximum Gasteiger partial charge on any atom is 0.410 e. The SMILES string of the molecule is COc1ccc(C2CCN(Cc3ccccc3)C(=O)O2)cc1OC. The first-order valence-electron chi connectivity index (χ1n) is 7.92. The number of cyclic esters (lactones) is 1. The molecule has 1 fully saturated rings. The predicted molar refractivity (Wildman–Crippen MR) is 90.2 cm³/mol. The van der Waals surface area contributed by atoms with Gasteiger partial charge in [-0.2, -0.15) is 0 Å². The van der Waals surface area contributed by atoms with Crippen molar-refractivity contribution >= 4 is 6.09 Å². The van der Waals surface area contributed by atoms with Gasteiger partial charge in [-0.15, -0.1) is 0 Å². The van der Waals surface area contributed by atoms with Gasteiger partial charge < -0.3 is 19.1 Å². The number of carbonyl (C=O) groups is 1. The fraction of sp³-hybridized carbons (Fsp3) is 0.316. The second-order valence-electron chi connectivity index (χ2n) is 5.68. The lowest BCUT2D eigenvalue weighted by Gasteiger charge is -2.32. The lowest BCUT2D eigenvalue weighted by atomic mass is 10.0. The molecule has 1 heterocycles. The Kier molecular flexibility index (Phi) is 4.89. The molecule has 1 aliphatic heterocycles. The summed E-state index contributed by atoms with van der Waals surface area (Å²) in [4.78, 5) is 14.0. The molecule has 0 aliphatic carbocycles. The van der Waals surface area contributed by atoms with Crippen molar-refractivity contribution in [2.45, 2.75) is 19.1 Å². The first kappa shape index (κ1) is 16.2. The van der Waals surface area contributed by atoms with Crippen LogP contribution in [-0.2, 0) is 11.3 Å². The molecule has 0 bridgehead atoms. The van der Waals surface area contributed by atoms with E-state index in [0.29, 0.717) is 24.6 Å². The van der Waals surface area contributed by atoms with Crippen LogP contribution in [0.5, 0.6) is 11.5 Å². The molecule has 1 amide bonds. The summed E-state index contributed by atoms with van der Waals surface area (Å²) < 4.78 is 16.2. The summed E-state index contributed by atoms with van der Waals surface area (Å²) in [6.45, 7) is 1.23. The first-order chi connectivity index (χ1) is 11.7. The molecule has 24 heavy (non-hydrogen) atoms. The van der Waals surface area contributed by atoms with Gasteiger partial charge in [-0.05, 0) is 23.3 Å². The Morgan fingerprint density at radius 2 is 1.83 bits per heavy atom. The molecule has 1 atom stereocenters. The number of hydrogen-bond donors (Lipinski definition) is 0. The van der Waals surface area contributed by atoms with Crippen LogP contribution in [0.2, 0.25) is 0 Å². The second-order valence-corrected chi connectivity index (χ2v) is 5.68. The van der Waals surface area contributed by atoms with Crippen molar-refractivity contribution in [3.8, 4) is 11.5 Å². The van der Waals surface area contributed by atoms with Crippen LogP contribution in [0.4, 0.5) is 4.79 Å². The molecular weight excluding hydrogens is 306 g/mol. The third-order valence-electron chi connectivity index (χ3n) is 4.16. The van der Waals surface area contributed by atoms with Crippen LogP contribution in [0.3, 0.4) is 0 Å². The number of carbonyl (C=O) groups excluding carboxylic acids is 1. The molecule has 0 radical (unpaired) electrons. The molecule has 0 spiro atoms. The number of nitrogens with zero attached hydrogens (tertiary/aromatic N) is 1. The van der Waals surface area contributed by atoms with E-state index in [-0.39, 0.29) is 12.2 Å². The van der Waals surface area contributed by atoms with Crippen LogP contribution >= 0.6 is 0 Å². The summed E-state index contributed by atoms with van der Waals surface area (Å²) in [6, 6.07) is 15.5. The Hall–Kier alpha value is -2.69. The fourth-order valence-electron chi connectivity index (χ4n) is 2.85. The summed E-state index contributed by atoms with van der Waals surface area (Å²) in [5.41, 5.74) is 2.01. The van der Waals surface area contributed by atoms with Gasteiger partial charge in [-0.1, -0.05) is 36.4 Å². The van der Waals surface area contributed by atoms with E-state index in [2.05, 4.69) is 0 Å². The lowest BCUT2D eigenvalue weighted by Crippen LogP contribution is -2.38. The average Bonchev–Trinajstić information content (AvgIpc) is 2.63. The molecule has 2 aromatic carbocycles. The molecule has 126 valence electrons. The molecule has 5 heteroatoms. The Morgan fingerprint density at radius 1 is 1.08 bits per heavy atom. The molecule has 5 nitrogen and oxygen atoms in total. The zero-order chi connectivity index (χ0) is 16.9. The van der Waals surface area contributed by atoms with Gasteiger partial charge in [0, 0.05) is 19.5 Å². The standard InChI is InChI=1S/C19H21NO4/c1-22-17-9-8-15(12-18(17)23-2)16-10-11-20(19(21)24-16)13-14-6-4-3-5-7-14/h3-9,12,16H,10-11,13H2,1-2H3. The molecule has 0 saturated carbocycles. The smallest absolute Gasteiger partial charge is 0.410 e. The highest BCUT2D eigenvalue weighted by Gasteiger charge is 2.28. The molecule has 0 N–H and O–H groups in total. The van der Waals surface area contributed by atoms with Gasteiger partial charge in [0.15, 0.2) is 11.5 Å². The van der Waals surface area contributed by atoms with Gasteiger partial charge in [0.1, 0.15) is 6.10 Å². The third-order valence-corrected chi connectivity index (χ3v) is 4.16. The number of amides is 1. The molecule has 0 aromatic heterocycles. The maximum atomic E-state index is 12.3. The van der Waals surface area contributed by atoms with Crippen molar-refractivity contribution in [1.82, 2.24) is 4.90 Å². The van der Waals surface area contributed by atoms with Crippen LogP contribution in [-0.4, -0.2) is 31.8 Å². The zero-order valence-electron chi connectivity index (χ0n) is 13.9. The molecule has 1 saturated heterocycles. The molecule has 1 aliphatic rings. The quantitative estimate of drug-likeness (QED) is 0.838. The van der Waals surface area contributed by atoms with Gasteiger partial charge in [0.05, 0.1) is 14.2 Å². The number of hydrogen-bond acceptors (Lipinski definition) is 4. The summed E-state index contributed by atoms with van der Waals surface area (Å²) >= 11 is 0. The van der Waals surface area contributed by atoms with Crippen molar-refractivity contribution in [3.05, 3.63) is 59.7 Å². The first-order valence-corrected chi connectivity index (χ1v) is 7.92. The topological polar surface area (TPSA) is 48.0 Å². The van der Waals surface area contributed by atoms with Crippen LogP contribution in [0, 0.1) is 0 Å². The van der Waals surface area contributed by atoms with Crippen molar-refractivity contribution in [1.29, 1.82) is 0 Å². The van der Waals surface area contributed by atoms with Gasteiger partial charge in [0.25, 0.3) is 0 Å². The van der Waals surface area contributed by atoms with Crippen LogP contribution in [0.1, 0.15) is 23.7 Å². The van der Waals surface area contributed by atoms with Crippen molar-refractivity contribution in [2.24, 2.45) is 0 Å². The number of methoxy groups -OCH3 is 2. The highest BCUT2D eigenvalue weighted by atomic mass is 16.6. The van der Waals surface area contributed by atoms with Crippen LogP contribution in [0.15, 0.2) is 48.5 Å². The molecule has 1 unspecified atom stereocenters. The van der Waals surface area contributed by atoms with Crippen molar-refractivity contribution in [2.75, 3.05) is 20.8 Å². The highest BCUT2D eigenvalue weighted by Crippen LogP contribution is 2.34. The lowest BCUT2D eigenvalue weighted by molar-refractivity contribution is 0.0216. The van der Waals surface area contributed by atoms with E-state index in [1.807, 2.05) is 48.5 Å². The third kappa shape index (κ3) is 3.45. The number of rotatable bonds is 5. The maximum absolute atomic E-state index is 12.3. The predicted octanol–water partition coefficient (Wildman–Crippen LogP) is 3.79. The normalized spacial score (nSPS) is 17.3. The van der Waals surface area contributed by atoms with Crippen LogP contribution in [0.25, 0.3) is 0 Å². The minimum atomic E-state index is -0.287. The van der Waals surface area contributed by atoms with E-state index in [0.717, 1.165) is 17.5 Å².